The molecule has 0 rings (SSSR count). The number of phosphoric ester groups is 2. The smallest absolute Gasteiger partial charge is 0.462 e. The van der Waals surface area contributed by atoms with Gasteiger partial charge in [-0.25, -0.2) is 9.13 Å². The largest absolute Gasteiger partial charge is 0.472 e. The molecule has 0 radical (unpaired) electrons. The summed E-state index contributed by atoms with van der Waals surface area (Å²) >= 11 is 0. The highest BCUT2D eigenvalue weighted by Gasteiger charge is 2.30. The lowest BCUT2D eigenvalue weighted by Gasteiger charge is -2.21. The Balaban J connectivity index is 5.24. The van der Waals surface area contributed by atoms with Crippen molar-refractivity contribution in [2.24, 2.45) is 23.7 Å². The van der Waals surface area contributed by atoms with Crippen LogP contribution in [0.5, 0.6) is 0 Å². The number of esters is 4. The Morgan fingerprint density at radius 2 is 0.438 bits per heavy atom. The summed E-state index contributed by atoms with van der Waals surface area (Å²) in [5, 5.41) is 10.6. The van der Waals surface area contributed by atoms with Gasteiger partial charge < -0.3 is 33.8 Å². The minimum atomic E-state index is -4.96. The molecule has 0 fully saturated rings. The van der Waals surface area contributed by atoms with Gasteiger partial charge in [0.1, 0.15) is 19.3 Å². The maximum absolute atomic E-state index is 13.1. The fourth-order valence-corrected chi connectivity index (χ4v) is 13.3. The Hall–Kier alpha value is -1.94. The van der Waals surface area contributed by atoms with E-state index in [-0.39, 0.29) is 25.7 Å². The molecule has 0 spiro atoms. The molecule has 0 saturated heterocycles. The Labute approximate surface area is 588 Å². The zero-order valence-corrected chi connectivity index (χ0v) is 64.8. The van der Waals surface area contributed by atoms with E-state index in [1.165, 1.54) is 193 Å². The van der Waals surface area contributed by atoms with Gasteiger partial charge in [0.2, 0.25) is 0 Å². The van der Waals surface area contributed by atoms with E-state index in [1.807, 2.05) is 0 Å². The fraction of sp³-hybridized carbons (Fsp3) is 0.948. The lowest BCUT2D eigenvalue weighted by Crippen LogP contribution is -2.30. The van der Waals surface area contributed by atoms with Gasteiger partial charge >= 0.3 is 39.5 Å². The normalized spacial score (nSPS) is 14.1. The molecule has 3 unspecified atom stereocenters. The van der Waals surface area contributed by atoms with Crippen LogP contribution in [0.3, 0.4) is 0 Å². The zero-order chi connectivity index (χ0) is 71.0. The van der Waals surface area contributed by atoms with E-state index < -0.39 is 97.5 Å². The molecule has 0 heterocycles. The molecule has 0 aromatic rings. The molecular formula is C77H150O17P2. The average Bonchev–Trinajstić information content (AvgIpc) is 1.68. The molecule has 0 aromatic heterocycles. The van der Waals surface area contributed by atoms with E-state index >= 15 is 0 Å². The Bertz CT molecular complexity index is 1880. The van der Waals surface area contributed by atoms with Crippen molar-refractivity contribution in [3.63, 3.8) is 0 Å². The van der Waals surface area contributed by atoms with E-state index in [2.05, 4.69) is 55.4 Å². The summed E-state index contributed by atoms with van der Waals surface area (Å²) in [5.41, 5.74) is 0. The summed E-state index contributed by atoms with van der Waals surface area (Å²) in [6, 6.07) is 0. The number of carbonyl (C=O) groups is 4. The van der Waals surface area contributed by atoms with Gasteiger partial charge in [0.25, 0.3) is 0 Å². The summed E-state index contributed by atoms with van der Waals surface area (Å²) in [7, 11) is -9.91. The van der Waals surface area contributed by atoms with E-state index in [0.29, 0.717) is 25.7 Å². The van der Waals surface area contributed by atoms with Crippen molar-refractivity contribution >= 4 is 39.5 Å². The first-order valence-corrected chi connectivity index (χ1v) is 42.7. The number of aliphatic hydroxyl groups is 1. The van der Waals surface area contributed by atoms with Crippen LogP contribution in [-0.4, -0.2) is 96.7 Å². The number of ether oxygens (including phenoxy) is 4. The van der Waals surface area contributed by atoms with Crippen LogP contribution in [0.4, 0.5) is 0 Å². The maximum atomic E-state index is 13.1. The molecule has 570 valence electrons. The molecule has 3 N–H and O–H groups in total. The quantitative estimate of drug-likeness (QED) is 0.0222. The molecule has 0 aliphatic heterocycles. The van der Waals surface area contributed by atoms with Crippen LogP contribution >= 0.6 is 15.6 Å². The average molecular weight is 1410 g/mol. The van der Waals surface area contributed by atoms with Crippen molar-refractivity contribution in [3.8, 4) is 0 Å². The van der Waals surface area contributed by atoms with Gasteiger partial charge in [-0.15, -0.1) is 0 Å². The lowest BCUT2D eigenvalue weighted by atomic mass is 10.0. The second kappa shape index (κ2) is 66.3. The third kappa shape index (κ3) is 70.5. The van der Waals surface area contributed by atoms with Crippen molar-refractivity contribution in [1.82, 2.24) is 0 Å². The van der Waals surface area contributed by atoms with Gasteiger partial charge in [-0.3, -0.25) is 37.3 Å². The van der Waals surface area contributed by atoms with Gasteiger partial charge in [0, 0.05) is 25.7 Å². The Morgan fingerprint density at radius 1 is 0.260 bits per heavy atom. The molecule has 19 heteroatoms. The molecule has 5 atom stereocenters. The number of hydrogen-bond acceptors (Lipinski definition) is 15. The van der Waals surface area contributed by atoms with Crippen molar-refractivity contribution in [1.29, 1.82) is 0 Å². The second-order valence-corrected chi connectivity index (χ2v) is 32.6. The number of rotatable bonds is 74. The highest BCUT2D eigenvalue weighted by Crippen LogP contribution is 2.45. The molecule has 0 amide bonds. The van der Waals surface area contributed by atoms with Crippen molar-refractivity contribution < 1.29 is 80.2 Å². The van der Waals surface area contributed by atoms with Crippen LogP contribution in [0.15, 0.2) is 0 Å². The van der Waals surface area contributed by atoms with Crippen molar-refractivity contribution in [3.05, 3.63) is 0 Å². The number of phosphoric acid groups is 2. The van der Waals surface area contributed by atoms with Crippen LogP contribution in [0.25, 0.3) is 0 Å². The number of hydrogen-bond donors (Lipinski definition) is 3. The standard InChI is InChI=1S/C77H150O17P2/c1-67(2)53-45-37-29-21-17-13-10-9-11-15-20-24-35-43-51-59-76(81)93-72(63-87-74(79)57-49-41-33-23-19-16-12-14-18-22-30-38-46-54-68(3)4)65-91-95(83,84)89-61-71(78)62-90-96(85,86)92-66-73(94-77(82)60-52-44-36-28-26-32-40-48-56-70(7)8)64-88-75(80)58-50-42-34-27-25-31-39-47-55-69(5)6/h67-73,78H,9-66H2,1-8H3,(H,83,84)(H,85,86)/t71?,72-,73-/m1/s1. The van der Waals surface area contributed by atoms with Crippen LogP contribution in [-0.2, 0) is 65.4 Å². The predicted molar refractivity (Wildman–Crippen MR) is 391 cm³/mol. The fourth-order valence-electron chi connectivity index (χ4n) is 11.7. The van der Waals surface area contributed by atoms with Crippen molar-refractivity contribution in [2.75, 3.05) is 39.6 Å². The van der Waals surface area contributed by atoms with Gasteiger partial charge in [0.05, 0.1) is 26.4 Å². The first kappa shape index (κ1) is 94.1. The highest BCUT2D eigenvalue weighted by molar-refractivity contribution is 7.47. The van der Waals surface area contributed by atoms with Crippen LogP contribution < -0.4 is 0 Å². The van der Waals surface area contributed by atoms with Gasteiger partial charge in [0.15, 0.2) is 12.2 Å². The first-order valence-electron chi connectivity index (χ1n) is 39.7. The van der Waals surface area contributed by atoms with Crippen LogP contribution in [0, 0.1) is 23.7 Å². The van der Waals surface area contributed by atoms with Crippen LogP contribution in [0.1, 0.15) is 389 Å². The van der Waals surface area contributed by atoms with Crippen LogP contribution in [0.2, 0.25) is 0 Å². The minimum Gasteiger partial charge on any atom is -0.462 e. The topological polar surface area (TPSA) is 237 Å². The zero-order valence-electron chi connectivity index (χ0n) is 63.0. The number of aliphatic hydroxyl groups excluding tert-OH is 1. The van der Waals surface area contributed by atoms with Gasteiger partial charge in [-0.1, -0.05) is 338 Å². The molecule has 0 saturated carbocycles. The predicted octanol–water partition coefficient (Wildman–Crippen LogP) is 22.4. The highest BCUT2D eigenvalue weighted by atomic mass is 31.2. The van der Waals surface area contributed by atoms with Gasteiger partial charge in [-0.2, -0.15) is 0 Å². The summed E-state index contributed by atoms with van der Waals surface area (Å²) < 4.78 is 68.5. The Morgan fingerprint density at radius 3 is 0.646 bits per heavy atom. The van der Waals surface area contributed by atoms with Gasteiger partial charge in [-0.05, 0) is 49.4 Å². The number of carbonyl (C=O) groups excluding carboxylic acids is 4. The summed E-state index contributed by atoms with van der Waals surface area (Å²) in [6.07, 6.45) is 51.4. The third-order valence-corrected chi connectivity index (χ3v) is 19.7. The van der Waals surface area contributed by atoms with E-state index in [0.717, 1.165) is 114 Å². The molecule has 0 aliphatic carbocycles. The lowest BCUT2D eigenvalue weighted by molar-refractivity contribution is -0.161. The second-order valence-electron chi connectivity index (χ2n) is 29.7. The molecule has 0 aromatic carbocycles. The summed E-state index contributed by atoms with van der Waals surface area (Å²) in [4.78, 5) is 72.8. The van der Waals surface area contributed by atoms with E-state index in [9.17, 15) is 43.2 Å². The molecular weight excluding hydrogens is 1260 g/mol. The maximum Gasteiger partial charge on any atom is 0.472 e. The monoisotopic (exact) mass is 1410 g/mol. The molecule has 17 nitrogen and oxygen atoms in total. The van der Waals surface area contributed by atoms with E-state index in [4.69, 9.17) is 37.0 Å². The Kier molecular flexibility index (Phi) is 65.0. The third-order valence-electron chi connectivity index (χ3n) is 17.8. The summed E-state index contributed by atoms with van der Waals surface area (Å²) in [5.74, 6) is 0.917. The molecule has 0 aliphatic rings. The minimum absolute atomic E-state index is 0.104. The SMILES string of the molecule is CC(C)CCCCCCCCCCCCCCCCCC(=O)O[C@H](COC(=O)CCCCCCCCCCCCCCCC(C)C)COP(=O)(O)OCC(O)COP(=O)(O)OC[C@@H](COC(=O)CCCCCCCCCCC(C)C)OC(=O)CCCCCCCCCCC(C)C. The first-order chi connectivity index (χ1) is 46.1. The van der Waals surface area contributed by atoms with E-state index in [1.54, 1.807) is 0 Å². The summed E-state index contributed by atoms with van der Waals surface area (Å²) in [6.45, 7) is 14.2. The number of unbranched alkanes of at least 4 members (excludes halogenated alkanes) is 40. The molecule has 96 heavy (non-hydrogen) atoms. The molecule has 0 bridgehead atoms. The van der Waals surface area contributed by atoms with Crippen molar-refractivity contribution in [2.45, 2.75) is 408 Å².